The third-order valence-electron chi connectivity index (χ3n) is 3.15. The summed E-state index contributed by atoms with van der Waals surface area (Å²) in [5.74, 6) is -0.330. The Morgan fingerprint density at radius 3 is 2.69 bits per heavy atom. The highest BCUT2D eigenvalue weighted by molar-refractivity contribution is 6.32. The molecule has 4 heteroatoms. The van der Waals surface area contributed by atoms with Crippen LogP contribution in [-0.2, 0) is 0 Å². The van der Waals surface area contributed by atoms with Crippen LogP contribution in [0, 0.1) is 12.7 Å². The molecule has 0 radical (unpaired) electrons. The zero-order chi connectivity index (χ0) is 11.7. The molecule has 0 atom stereocenters. The zero-order valence-corrected chi connectivity index (χ0v) is 9.94. The van der Waals surface area contributed by atoms with Crippen molar-refractivity contribution in [2.75, 3.05) is 13.1 Å². The molecule has 1 aromatic rings. The summed E-state index contributed by atoms with van der Waals surface area (Å²) in [6, 6.07) is 1.47. The molecule has 88 valence electrons. The molecule has 1 aliphatic heterocycles. The van der Waals surface area contributed by atoms with Crippen molar-refractivity contribution in [3.8, 4) is 5.75 Å². The van der Waals surface area contributed by atoms with E-state index in [-0.39, 0.29) is 22.5 Å². The molecule has 2 nitrogen and oxygen atoms in total. The van der Waals surface area contributed by atoms with E-state index in [1.54, 1.807) is 6.92 Å². The minimum Gasteiger partial charge on any atom is -0.506 e. The Kier molecular flexibility index (Phi) is 3.36. The first kappa shape index (κ1) is 11.7. The lowest BCUT2D eigenvalue weighted by Gasteiger charge is -2.25. The molecule has 1 heterocycles. The molecule has 0 unspecified atom stereocenters. The fourth-order valence-corrected chi connectivity index (χ4v) is 2.52. The number of rotatable bonds is 1. The molecule has 0 bridgehead atoms. The van der Waals surface area contributed by atoms with Crippen molar-refractivity contribution in [3.63, 3.8) is 0 Å². The van der Waals surface area contributed by atoms with Gasteiger partial charge in [0.1, 0.15) is 11.6 Å². The molecule has 1 saturated heterocycles. The lowest BCUT2D eigenvalue weighted by Crippen LogP contribution is -2.27. The number of halogens is 2. The van der Waals surface area contributed by atoms with Crippen LogP contribution in [-0.4, -0.2) is 18.2 Å². The fraction of sp³-hybridized carbons (Fsp3) is 0.500. The van der Waals surface area contributed by atoms with E-state index in [1.165, 1.54) is 6.07 Å². The molecule has 0 amide bonds. The Hall–Kier alpha value is -0.800. The minimum absolute atomic E-state index is 0.0682. The van der Waals surface area contributed by atoms with Gasteiger partial charge in [0.2, 0.25) is 0 Å². The van der Waals surface area contributed by atoms with Gasteiger partial charge >= 0.3 is 0 Å². The van der Waals surface area contributed by atoms with Gasteiger partial charge in [-0.05, 0) is 50.4 Å². The molecule has 0 aromatic heterocycles. The van der Waals surface area contributed by atoms with Crippen LogP contribution in [0.4, 0.5) is 4.39 Å². The monoisotopic (exact) mass is 243 g/mol. The highest BCUT2D eigenvalue weighted by Crippen LogP contribution is 2.39. The summed E-state index contributed by atoms with van der Waals surface area (Å²) >= 11 is 5.88. The number of phenolic OH excluding ortho intramolecular Hbond substituents is 1. The first-order valence-corrected chi connectivity index (χ1v) is 5.87. The van der Waals surface area contributed by atoms with Crippen molar-refractivity contribution < 1.29 is 9.50 Å². The fourth-order valence-electron chi connectivity index (χ4n) is 2.25. The smallest absolute Gasteiger partial charge is 0.140 e. The Bertz CT molecular complexity index is 376. The van der Waals surface area contributed by atoms with Crippen molar-refractivity contribution >= 4 is 11.6 Å². The van der Waals surface area contributed by atoms with Gasteiger partial charge in [-0.15, -0.1) is 0 Å². The molecule has 16 heavy (non-hydrogen) atoms. The lowest BCUT2D eigenvalue weighted by molar-refractivity contribution is 0.408. The van der Waals surface area contributed by atoms with Gasteiger partial charge in [-0.3, -0.25) is 0 Å². The average molecular weight is 244 g/mol. The summed E-state index contributed by atoms with van der Waals surface area (Å²) in [5, 5.41) is 13.3. The van der Waals surface area contributed by atoms with E-state index in [0.29, 0.717) is 11.1 Å². The van der Waals surface area contributed by atoms with Crippen molar-refractivity contribution in [2.24, 2.45) is 0 Å². The third kappa shape index (κ3) is 2.02. The largest absolute Gasteiger partial charge is 0.506 e. The topological polar surface area (TPSA) is 32.3 Å². The summed E-state index contributed by atoms with van der Waals surface area (Å²) in [6.07, 6.45) is 1.68. The van der Waals surface area contributed by atoms with E-state index in [1.807, 2.05) is 0 Å². The third-order valence-corrected chi connectivity index (χ3v) is 3.44. The molecular formula is C12H15ClFNO. The van der Waals surface area contributed by atoms with Crippen LogP contribution in [0.1, 0.15) is 29.9 Å². The van der Waals surface area contributed by atoms with E-state index < -0.39 is 0 Å². The normalized spacial score (nSPS) is 17.7. The number of benzene rings is 1. The van der Waals surface area contributed by atoms with Gasteiger partial charge < -0.3 is 10.4 Å². The first-order chi connectivity index (χ1) is 7.61. The van der Waals surface area contributed by atoms with E-state index >= 15 is 0 Å². The van der Waals surface area contributed by atoms with Gasteiger partial charge in [0, 0.05) is 5.56 Å². The number of hydrogen-bond acceptors (Lipinski definition) is 2. The summed E-state index contributed by atoms with van der Waals surface area (Å²) in [4.78, 5) is 0. The number of nitrogens with one attached hydrogen (secondary N) is 1. The average Bonchev–Trinajstić information content (AvgIpc) is 2.28. The Morgan fingerprint density at radius 1 is 1.44 bits per heavy atom. The van der Waals surface area contributed by atoms with Crippen LogP contribution < -0.4 is 5.32 Å². The van der Waals surface area contributed by atoms with Gasteiger partial charge in [0.25, 0.3) is 0 Å². The van der Waals surface area contributed by atoms with Gasteiger partial charge in [0.05, 0.1) is 5.02 Å². The SMILES string of the molecule is Cc1cc(Cl)c(O)c(C2CCNCC2)c1F. The molecule has 1 fully saturated rings. The number of hydrogen-bond donors (Lipinski definition) is 2. The van der Waals surface area contributed by atoms with Crippen molar-refractivity contribution in [1.29, 1.82) is 0 Å². The van der Waals surface area contributed by atoms with Crippen LogP contribution in [0.3, 0.4) is 0 Å². The molecule has 2 rings (SSSR count). The van der Waals surface area contributed by atoms with Gasteiger partial charge in [0.15, 0.2) is 0 Å². The number of phenols is 1. The second-order valence-electron chi connectivity index (χ2n) is 4.28. The highest BCUT2D eigenvalue weighted by atomic mass is 35.5. The molecule has 0 saturated carbocycles. The van der Waals surface area contributed by atoms with E-state index in [0.717, 1.165) is 25.9 Å². The Balaban J connectivity index is 2.45. The minimum atomic E-state index is -0.311. The van der Waals surface area contributed by atoms with Crippen molar-refractivity contribution in [3.05, 3.63) is 28.0 Å². The molecule has 0 spiro atoms. The second-order valence-corrected chi connectivity index (χ2v) is 4.68. The van der Waals surface area contributed by atoms with Crippen LogP contribution >= 0.6 is 11.6 Å². The summed E-state index contributed by atoms with van der Waals surface area (Å²) in [5.41, 5.74) is 0.892. The Labute approximate surface area is 99.4 Å². The zero-order valence-electron chi connectivity index (χ0n) is 9.19. The highest BCUT2D eigenvalue weighted by Gasteiger charge is 2.24. The maximum absolute atomic E-state index is 14.0. The van der Waals surface area contributed by atoms with Crippen LogP contribution in [0.15, 0.2) is 6.07 Å². The van der Waals surface area contributed by atoms with Gasteiger partial charge in [-0.1, -0.05) is 11.6 Å². The maximum atomic E-state index is 14.0. The summed E-state index contributed by atoms with van der Waals surface area (Å²) in [7, 11) is 0. The quantitative estimate of drug-likeness (QED) is 0.795. The Morgan fingerprint density at radius 2 is 2.06 bits per heavy atom. The molecule has 1 aromatic carbocycles. The second kappa shape index (κ2) is 4.60. The molecular weight excluding hydrogens is 229 g/mol. The van der Waals surface area contributed by atoms with Crippen molar-refractivity contribution in [1.82, 2.24) is 5.32 Å². The molecule has 0 aliphatic carbocycles. The van der Waals surface area contributed by atoms with E-state index in [2.05, 4.69) is 5.32 Å². The van der Waals surface area contributed by atoms with Crippen LogP contribution in [0.2, 0.25) is 5.02 Å². The molecule has 2 N–H and O–H groups in total. The maximum Gasteiger partial charge on any atom is 0.140 e. The van der Waals surface area contributed by atoms with Crippen LogP contribution in [0.25, 0.3) is 0 Å². The molecule has 1 aliphatic rings. The number of aromatic hydroxyl groups is 1. The van der Waals surface area contributed by atoms with E-state index in [4.69, 9.17) is 11.6 Å². The summed E-state index contributed by atoms with van der Waals surface area (Å²) in [6.45, 7) is 3.38. The lowest BCUT2D eigenvalue weighted by atomic mass is 9.88. The summed E-state index contributed by atoms with van der Waals surface area (Å²) < 4.78 is 14.0. The van der Waals surface area contributed by atoms with Gasteiger partial charge in [-0.2, -0.15) is 0 Å². The predicted octanol–water partition coefficient (Wildman–Crippen LogP) is 2.96. The first-order valence-electron chi connectivity index (χ1n) is 5.49. The van der Waals surface area contributed by atoms with Crippen LogP contribution in [0.5, 0.6) is 5.75 Å². The van der Waals surface area contributed by atoms with Gasteiger partial charge in [-0.25, -0.2) is 4.39 Å². The van der Waals surface area contributed by atoms with Crippen molar-refractivity contribution in [2.45, 2.75) is 25.7 Å². The standard InChI is InChI=1S/C12H15ClFNO/c1-7-6-9(13)12(16)10(11(7)14)8-2-4-15-5-3-8/h6,8,15-16H,2-5H2,1H3. The predicted molar refractivity (Wildman–Crippen MR) is 62.7 cm³/mol. The number of piperidine rings is 1. The number of aryl methyl sites for hydroxylation is 1. The van der Waals surface area contributed by atoms with E-state index in [9.17, 15) is 9.50 Å².